The van der Waals surface area contributed by atoms with Crippen LogP contribution in [-0.4, -0.2) is 54.0 Å². The molecule has 0 aliphatic carbocycles. The highest BCUT2D eigenvalue weighted by Crippen LogP contribution is 2.37. The van der Waals surface area contributed by atoms with Crippen LogP contribution in [0.1, 0.15) is 40.5 Å². The minimum Gasteiger partial charge on any atom is -0.481 e. The van der Waals surface area contributed by atoms with Crippen LogP contribution < -0.4 is 0 Å². The molecular weight excluding hydrogens is 262 g/mol. The Morgan fingerprint density at radius 2 is 1.80 bits per heavy atom. The number of amides is 1. The predicted molar refractivity (Wildman–Crippen MR) is 73.6 cm³/mol. The molecule has 116 valence electrons. The molecule has 1 saturated heterocycles. The molecule has 6 heteroatoms. The number of carbonyl (C=O) groups is 2. The van der Waals surface area contributed by atoms with E-state index in [9.17, 15) is 14.7 Å². The van der Waals surface area contributed by atoms with Gasteiger partial charge in [-0.1, -0.05) is 0 Å². The van der Waals surface area contributed by atoms with E-state index in [1.54, 1.807) is 34.7 Å². The Morgan fingerprint density at radius 1 is 1.30 bits per heavy atom. The van der Waals surface area contributed by atoms with E-state index in [0.717, 1.165) is 0 Å². The van der Waals surface area contributed by atoms with Crippen molar-refractivity contribution < 1.29 is 24.2 Å². The molecule has 1 fully saturated rings. The standard InChI is InChI=1S/C14H25NO5/c1-10(15(5)12(18)20-13(2,3)4)14(11(16)17)6-8-19-9-7-14/h10H,6-9H2,1-5H3,(H,16,17). The Hall–Kier alpha value is -1.30. The molecule has 1 aliphatic heterocycles. The molecule has 1 amide bonds. The van der Waals surface area contributed by atoms with E-state index in [4.69, 9.17) is 9.47 Å². The van der Waals surface area contributed by atoms with Crippen molar-refractivity contribution in [2.24, 2.45) is 5.41 Å². The Labute approximate surface area is 120 Å². The second-order valence-corrected chi connectivity index (χ2v) is 6.34. The number of nitrogens with zero attached hydrogens (tertiary/aromatic N) is 1. The molecule has 0 aromatic carbocycles. The summed E-state index contributed by atoms with van der Waals surface area (Å²) in [5.74, 6) is -0.885. The minimum atomic E-state index is -0.968. The van der Waals surface area contributed by atoms with Crippen LogP contribution in [0.2, 0.25) is 0 Å². The van der Waals surface area contributed by atoms with E-state index in [0.29, 0.717) is 26.1 Å². The lowest BCUT2D eigenvalue weighted by atomic mass is 9.74. The van der Waals surface area contributed by atoms with E-state index in [-0.39, 0.29) is 0 Å². The van der Waals surface area contributed by atoms with Gasteiger partial charge in [-0.05, 0) is 40.5 Å². The van der Waals surface area contributed by atoms with Crippen LogP contribution in [0, 0.1) is 5.41 Å². The molecule has 1 aliphatic rings. The van der Waals surface area contributed by atoms with Crippen molar-refractivity contribution in [1.29, 1.82) is 0 Å². The summed E-state index contributed by atoms with van der Waals surface area (Å²) in [7, 11) is 1.58. The Balaban J connectivity index is 2.87. The molecule has 1 heterocycles. The second kappa shape index (κ2) is 5.99. The number of carboxylic acids is 1. The lowest BCUT2D eigenvalue weighted by molar-refractivity contribution is -0.160. The average molecular weight is 287 g/mol. The summed E-state index contributed by atoms with van der Waals surface area (Å²) in [4.78, 5) is 25.2. The van der Waals surface area contributed by atoms with Gasteiger partial charge in [-0.15, -0.1) is 0 Å². The van der Waals surface area contributed by atoms with Crippen LogP contribution in [0.5, 0.6) is 0 Å². The minimum absolute atomic E-state index is 0.399. The number of carboxylic acid groups (broad SMARTS) is 1. The van der Waals surface area contributed by atoms with Crippen molar-refractivity contribution in [2.45, 2.75) is 52.2 Å². The summed E-state index contributed by atoms with van der Waals surface area (Å²) in [6, 6.07) is -0.459. The molecule has 0 saturated carbocycles. The van der Waals surface area contributed by atoms with Crippen molar-refractivity contribution in [3.63, 3.8) is 0 Å². The third-order valence-electron chi connectivity index (χ3n) is 3.87. The Bertz CT molecular complexity index is 368. The van der Waals surface area contributed by atoms with Gasteiger partial charge in [0.1, 0.15) is 5.60 Å². The van der Waals surface area contributed by atoms with Crippen LogP contribution in [0.3, 0.4) is 0 Å². The smallest absolute Gasteiger partial charge is 0.410 e. The molecule has 0 aromatic rings. The fraction of sp³-hybridized carbons (Fsp3) is 0.857. The molecule has 0 spiro atoms. The Morgan fingerprint density at radius 3 is 2.20 bits per heavy atom. The number of carbonyl (C=O) groups excluding carboxylic acids is 1. The van der Waals surface area contributed by atoms with Crippen molar-refractivity contribution in [3.05, 3.63) is 0 Å². The first-order chi connectivity index (χ1) is 9.10. The van der Waals surface area contributed by atoms with E-state index in [1.165, 1.54) is 4.90 Å². The first kappa shape index (κ1) is 16.8. The van der Waals surface area contributed by atoms with Gasteiger partial charge in [0.05, 0.1) is 5.41 Å². The van der Waals surface area contributed by atoms with Crippen LogP contribution >= 0.6 is 0 Å². The highest BCUT2D eigenvalue weighted by molar-refractivity contribution is 5.77. The third-order valence-corrected chi connectivity index (χ3v) is 3.87. The van der Waals surface area contributed by atoms with Crippen LogP contribution in [0.25, 0.3) is 0 Å². The molecule has 1 rings (SSSR count). The predicted octanol–water partition coefficient (Wildman–Crippen LogP) is 2.12. The maximum Gasteiger partial charge on any atom is 0.410 e. The van der Waals surface area contributed by atoms with Crippen molar-refractivity contribution >= 4 is 12.1 Å². The van der Waals surface area contributed by atoms with Gasteiger partial charge in [-0.3, -0.25) is 4.79 Å². The van der Waals surface area contributed by atoms with Gasteiger partial charge in [0.2, 0.25) is 0 Å². The monoisotopic (exact) mass is 287 g/mol. The Kier molecular flexibility index (Phi) is 5.02. The van der Waals surface area contributed by atoms with Crippen LogP contribution in [-0.2, 0) is 14.3 Å². The molecular formula is C14H25NO5. The number of rotatable bonds is 3. The largest absolute Gasteiger partial charge is 0.481 e. The third kappa shape index (κ3) is 3.62. The van der Waals surface area contributed by atoms with E-state index < -0.39 is 29.1 Å². The van der Waals surface area contributed by atoms with Gasteiger partial charge in [0, 0.05) is 26.3 Å². The fourth-order valence-electron chi connectivity index (χ4n) is 2.41. The summed E-state index contributed by atoms with van der Waals surface area (Å²) in [6.07, 6.45) is 0.296. The average Bonchev–Trinajstić information content (AvgIpc) is 2.35. The maximum absolute atomic E-state index is 12.1. The van der Waals surface area contributed by atoms with E-state index >= 15 is 0 Å². The zero-order valence-corrected chi connectivity index (χ0v) is 12.9. The summed E-state index contributed by atoms with van der Waals surface area (Å²) in [5, 5.41) is 9.59. The number of aliphatic carboxylic acids is 1. The molecule has 1 unspecified atom stereocenters. The molecule has 20 heavy (non-hydrogen) atoms. The van der Waals surface area contributed by atoms with E-state index in [2.05, 4.69) is 0 Å². The van der Waals surface area contributed by atoms with Crippen LogP contribution in [0.15, 0.2) is 0 Å². The summed E-state index contributed by atoms with van der Waals surface area (Å²) in [6.45, 7) is 7.90. The summed E-state index contributed by atoms with van der Waals surface area (Å²) < 4.78 is 10.5. The van der Waals surface area contributed by atoms with Crippen molar-refractivity contribution in [3.8, 4) is 0 Å². The molecule has 1 N–H and O–H groups in total. The first-order valence-corrected chi connectivity index (χ1v) is 6.87. The zero-order valence-electron chi connectivity index (χ0n) is 12.9. The molecule has 0 bridgehead atoms. The van der Waals surface area contributed by atoms with Crippen molar-refractivity contribution in [1.82, 2.24) is 4.90 Å². The highest BCUT2D eigenvalue weighted by Gasteiger charge is 2.48. The normalized spacial score (nSPS) is 20.1. The highest BCUT2D eigenvalue weighted by atomic mass is 16.6. The van der Waals surface area contributed by atoms with Gasteiger partial charge in [-0.2, -0.15) is 0 Å². The first-order valence-electron chi connectivity index (χ1n) is 6.87. The number of hydrogen-bond acceptors (Lipinski definition) is 4. The lowest BCUT2D eigenvalue weighted by Crippen LogP contribution is -2.54. The maximum atomic E-state index is 12.1. The quantitative estimate of drug-likeness (QED) is 0.860. The van der Waals surface area contributed by atoms with Gasteiger partial charge >= 0.3 is 12.1 Å². The van der Waals surface area contributed by atoms with E-state index in [1.807, 2.05) is 0 Å². The molecule has 0 radical (unpaired) electrons. The van der Waals surface area contributed by atoms with Gasteiger partial charge in [0.15, 0.2) is 0 Å². The van der Waals surface area contributed by atoms with Gasteiger partial charge in [-0.25, -0.2) is 4.79 Å². The molecule has 0 aromatic heterocycles. The number of ether oxygens (including phenoxy) is 2. The van der Waals surface area contributed by atoms with Gasteiger partial charge < -0.3 is 19.5 Å². The molecule has 6 nitrogen and oxygen atoms in total. The topological polar surface area (TPSA) is 76.1 Å². The SMILES string of the molecule is CC(N(C)C(=O)OC(C)(C)C)C1(C(=O)O)CCOCC1. The summed E-state index contributed by atoms with van der Waals surface area (Å²) in [5.41, 5.74) is -1.57. The fourth-order valence-corrected chi connectivity index (χ4v) is 2.41. The second-order valence-electron chi connectivity index (χ2n) is 6.34. The van der Waals surface area contributed by atoms with Crippen LogP contribution in [0.4, 0.5) is 4.79 Å². The van der Waals surface area contributed by atoms with Gasteiger partial charge in [0.25, 0.3) is 0 Å². The summed E-state index contributed by atoms with van der Waals surface area (Å²) >= 11 is 0. The molecule has 1 atom stereocenters. The number of hydrogen-bond donors (Lipinski definition) is 1. The zero-order chi connectivity index (χ0) is 15.6. The lowest BCUT2D eigenvalue weighted by Gasteiger charge is -2.42. The van der Waals surface area contributed by atoms with Crippen molar-refractivity contribution in [2.75, 3.05) is 20.3 Å².